The van der Waals surface area contributed by atoms with Gasteiger partial charge in [-0.2, -0.15) is 0 Å². The van der Waals surface area contributed by atoms with E-state index in [4.69, 9.17) is 0 Å². The van der Waals surface area contributed by atoms with Gasteiger partial charge in [-0.25, -0.2) is 0 Å². The first-order valence-corrected chi connectivity index (χ1v) is 7.48. The van der Waals surface area contributed by atoms with Gasteiger partial charge in [0.25, 0.3) is 0 Å². The van der Waals surface area contributed by atoms with Gasteiger partial charge in [-0.15, -0.1) is 0 Å². The number of hydrogen-bond donors (Lipinski definition) is 0. The van der Waals surface area contributed by atoms with E-state index < -0.39 is 0 Å². The Labute approximate surface area is 125 Å². The third-order valence-electron chi connectivity index (χ3n) is 4.60. The topological polar surface area (TPSA) is 0 Å². The molecule has 4 aromatic carbocycles. The van der Waals surface area contributed by atoms with E-state index in [1.807, 2.05) is 0 Å². The van der Waals surface area contributed by atoms with E-state index in [-0.39, 0.29) is 0 Å². The van der Waals surface area contributed by atoms with Crippen molar-refractivity contribution in [3.05, 3.63) is 71.3 Å². The molecule has 0 N–H and O–H groups in total. The van der Waals surface area contributed by atoms with Crippen LogP contribution in [0, 0.1) is 20.8 Å². The van der Waals surface area contributed by atoms with E-state index in [9.17, 15) is 0 Å². The molecule has 21 heavy (non-hydrogen) atoms. The summed E-state index contributed by atoms with van der Waals surface area (Å²) < 4.78 is 0. The molecular weight excluding hydrogens is 252 g/mol. The summed E-state index contributed by atoms with van der Waals surface area (Å²) in [7, 11) is 0. The van der Waals surface area contributed by atoms with Crippen LogP contribution in [-0.2, 0) is 0 Å². The number of aryl methyl sites for hydroxylation is 3. The number of benzene rings is 4. The highest BCUT2D eigenvalue weighted by Crippen LogP contribution is 2.36. The number of rotatable bonds is 0. The molecule has 4 aromatic rings. The average molecular weight is 270 g/mol. The molecule has 102 valence electrons. The van der Waals surface area contributed by atoms with Crippen LogP contribution >= 0.6 is 0 Å². The maximum atomic E-state index is 2.33. The molecule has 0 aromatic heterocycles. The zero-order chi connectivity index (χ0) is 14.6. The van der Waals surface area contributed by atoms with Crippen LogP contribution in [0.2, 0.25) is 0 Å². The molecule has 0 aliphatic carbocycles. The maximum absolute atomic E-state index is 2.33. The molecule has 0 spiro atoms. The molecular formula is C21H18. The fraction of sp³-hybridized carbons (Fsp3) is 0.143. The summed E-state index contributed by atoms with van der Waals surface area (Å²) in [5.74, 6) is 0. The Hall–Kier alpha value is -2.34. The minimum atomic E-state index is 1.35. The van der Waals surface area contributed by atoms with E-state index in [1.54, 1.807) is 0 Å². The molecule has 0 atom stereocenters. The van der Waals surface area contributed by atoms with Crippen LogP contribution in [0.25, 0.3) is 32.3 Å². The Morgan fingerprint density at radius 1 is 0.524 bits per heavy atom. The van der Waals surface area contributed by atoms with Crippen LogP contribution in [0.1, 0.15) is 16.7 Å². The third-order valence-corrected chi connectivity index (χ3v) is 4.60. The quantitative estimate of drug-likeness (QED) is 0.340. The predicted octanol–water partition coefficient (Wildman–Crippen LogP) is 6.07. The molecule has 0 unspecified atom stereocenters. The van der Waals surface area contributed by atoms with Crippen molar-refractivity contribution < 1.29 is 0 Å². The summed E-state index contributed by atoms with van der Waals surface area (Å²) in [5.41, 5.74) is 4.07. The Kier molecular flexibility index (Phi) is 2.56. The minimum absolute atomic E-state index is 1.35. The maximum Gasteiger partial charge on any atom is -0.00238 e. The number of fused-ring (bicyclic) bond motifs is 5. The first-order valence-electron chi connectivity index (χ1n) is 7.48. The summed E-state index contributed by atoms with van der Waals surface area (Å²) in [6.07, 6.45) is 0. The lowest BCUT2D eigenvalue weighted by Crippen LogP contribution is -1.89. The van der Waals surface area contributed by atoms with E-state index >= 15 is 0 Å². The second kappa shape index (κ2) is 4.33. The lowest BCUT2D eigenvalue weighted by molar-refractivity contribution is 1.50. The van der Waals surface area contributed by atoms with E-state index in [1.165, 1.54) is 49.0 Å². The van der Waals surface area contributed by atoms with Crippen LogP contribution in [0.3, 0.4) is 0 Å². The summed E-state index contributed by atoms with van der Waals surface area (Å²) in [4.78, 5) is 0. The van der Waals surface area contributed by atoms with Crippen LogP contribution in [-0.4, -0.2) is 0 Å². The van der Waals surface area contributed by atoms with Crippen molar-refractivity contribution >= 4 is 32.3 Å². The van der Waals surface area contributed by atoms with Crippen molar-refractivity contribution in [2.24, 2.45) is 0 Å². The van der Waals surface area contributed by atoms with Gasteiger partial charge >= 0.3 is 0 Å². The van der Waals surface area contributed by atoms with Gasteiger partial charge in [0, 0.05) is 0 Å². The smallest absolute Gasteiger partial charge is 0.00238 e. The van der Waals surface area contributed by atoms with Gasteiger partial charge in [0.05, 0.1) is 0 Å². The highest BCUT2D eigenvalue weighted by Gasteiger charge is 2.10. The zero-order valence-corrected chi connectivity index (χ0v) is 12.7. The Morgan fingerprint density at radius 2 is 1.14 bits per heavy atom. The van der Waals surface area contributed by atoms with Gasteiger partial charge in [0.1, 0.15) is 0 Å². The van der Waals surface area contributed by atoms with E-state index in [0.29, 0.717) is 0 Å². The van der Waals surface area contributed by atoms with Gasteiger partial charge in [-0.3, -0.25) is 0 Å². The van der Waals surface area contributed by atoms with Gasteiger partial charge in [0.15, 0.2) is 0 Å². The lowest BCUT2D eigenvalue weighted by atomic mass is 9.90. The van der Waals surface area contributed by atoms with E-state index in [0.717, 1.165) is 0 Å². The van der Waals surface area contributed by atoms with Crippen molar-refractivity contribution in [1.29, 1.82) is 0 Å². The molecule has 0 saturated carbocycles. The van der Waals surface area contributed by atoms with Gasteiger partial charge in [-0.05, 0) is 69.8 Å². The summed E-state index contributed by atoms with van der Waals surface area (Å²) in [6, 6.07) is 20.0. The molecule has 0 heteroatoms. The molecule has 4 rings (SSSR count). The van der Waals surface area contributed by atoms with Crippen molar-refractivity contribution in [3.63, 3.8) is 0 Å². The van der Waals surface area contributed by atoms with Crippen molar-refractivity contribution in [2.75, 3.05) is 0 Å². The second-order valence-corrected chi connectivity index (χ2v) is 6.03. The Morgan fingerprint density at radius 3 is 1.90 bits per heavy atom. The fourth-order valence-corrected chi connectivity index (χ4v) is 3.62. The highest BCUT2D eigenvalue weighted by atomic mass is 14.1. The molecule has 0 amide bonds. The molecule has 0 nitrogen and oxygen atoms in total. The molecule has 0 aliphatic rings. The molecule has 0 radical (unpaired) electrons. The first kappa shape index (κ1) is 12.4. The largest absolute Gasteiger partial charge is 0.0616 e. The van der Waals surface area contributed by atoms with Crippen molar-refractivity contribution in [2.45, 2.75) is 20.8 Å². The minimum Gasteiger partial charge on any atom is -0.0616 e. The molecule has 0 saturated heterocycles. The van der Waals surface area contributed by atoms with E-state index in [2.05, 4.69) is 75.4 Å². The molecule has 0 bridgehead atoms. The molecule has 0 aliphatic heterocycles. The van der Waals surface area contributed by atoms with Crippen LogP contribution in [0.15, 0.2) is 54.6 Å². The van der Waals surface area contributed by atoms with Crippen LogP contribution < -0.4 is 0 Å². The van der Waals surface area contributed by atoms with Gasteiger partial charge in [-0.1, -0.05) is 54.6 Å². The highest BCUT2D eigenvalue weighted by molar-refractivity contribution is 6.22. The van der Waals surface area contributed by atoms with Crippen molar-refractivity contribution in [3.8, 4) is 0 Å². The summed E-state index contributed by atoms with van der Waals surface area (Å²) in [5, 5.41) is 8.26. The zero-order valence-electron chi connectivity index (χ0n) is 12.7. The SMILES string of the molecule is Cc1cc2cc(C)c3cccc(C)c3c2c2ccccc12. The van der Waals surface area contributed by atoms with Crippen molar-refractivity contribution in [1.82, 2.24) is 0 Å². The third kappa shape index (κ3) is 1.69. The Balaban J connectivity index is 2.43. The normalized spacial score (nSPS) is 11.6. The second-order valence-electron chi connectivity index (χ2n) is 6.03. The fourth-order valence-electron chi connectivity index (χ4n) is 3.62. The summed E-state index contributed by atoms with van der Waals surface area (Å²) in [6.45, 7) is 6.64. The Bertz CT molecular complexity index is 1000. The monoisotopic (exact) mass is 270 g/mol. The first-order chi connectivity index (χ1) is 10.2. The van der Waals surface area contributed by atoms with Gasteiger partial charge in [0.2, 0.25) is 0 Å². The summed E-state index contributed by atoms with van der Waals surface area (Å²) >= 11 is 0. The number of hydrogen-bond acceptors (Lipinski definition) is 0. The standard InChI is InChI=1S/C21H18/c1-13-7-6-10-18-15(3)12-16-11-14(2)17-8-4-5-9-19(17)21(16)20(13)18/h4-12H,1-3H3. The van der Waals surface area contributed by atoms with Crippen LogP contribution in [0.4, 0.5) is 0 Å². The van der Waals surface area contributed by atoms with Crippen LogP contribution in [0.5, 0.6) is 0 Å². The van der Waals surface area contributed by atoms with Gasteiger partial charge < -0.3 is 0 Å². The molecule has 0 fully saturated rings. The predicted molar refractivity (Wildman–Crippen MR) is 93.2 cm³/mol. The average Bonchev–Trinajstić information content (AvgIpc) is 2.48. The lowest BCUT2D eigenvalue weighted by Gasteiger charge is -2.14. The molecule has 0 heterocycles.